The van der Waals surface area contributed by atoms with E-state index >= 15 is 0 Å². The number of allylic oxidation sites excluding steroid dienone is 1. The standard InChI is InChI=1S/C8H14N2/c1-5-8(2)9-6-7-10(3)4/h5-7,9H,1-2H2,3-4H3/b7-6-. The van der Waals surface area contributed by atoms with Gasteiger partial charge in [-0.3, -0.25) is 0 Å². The van der Waals surface area contributed by atoms with Crippen LogP contribution in [0, 0.1) is 0 Å². The van der Waals surface area contributed by atoms with Crippen LogP contribution in [0.3, 0.4) is 0 Å². The zero-order valence-electron chi connectivity index (χ0n) is 6.59. The topological polar surface area (TPSA) is 15.3 Å². The van der Waals surface area contributed by atoms with Crippen LogP contribution in [-0.2, 0) is 0 Å². The Bertz CT molecular complexity index is 145. The van der Waals surface area contributed by atoms with Crippen LogP contribution in [0.5, 0.6) is 0 Å². The van der Waals surface area contributed by atoms with Crippen molar-refractivity contribution < 1.29 is 0 Å². The highest BCUT2D eigenvalue weighted by Gasteiger charge is 1.77. The van der Waals surface area contributed by atoms with Crippen LogP contribution < -0.4 is 5.32 Å². The second-order valence-electron chi connectivity index (χ2n) is 2.15. The van der Waals surface area contributed by atoms with Gasteiger partial charge in [0.05, 0.1) is 0 Å². The summed E-state index contributed by atoms with van der Waals surface area (Å²) >= 11 is 0. The molecule has 0 saturated carbocycles. The van der Waals surface area contributed by atoms with E-state index in [2.05, 4.69) is 18.5 Å². The first-order chi connectivity index (χ1) is 4.66. The molecule has 0 aliphatic rings. The second kappa shape index (κ2) is 4.68. The molecule has 10 heavy (non-hydrogen) atoms. The molecular formula is C8H14N2. The largest absolute Gasteiger partial charge is 0.382 e. The van der Waals surface area contributed by atoms with Crippen LogP contribution in [0.4, 0.5) is 0 Å². The van der Waals surface area contributed by atoms with E-state index in [-0.39, 0.29) is 0 Å². The van der Waals surface area contributed by atoms with Crippen LogP contribution in [0.2, 0.25) is 0 Å². The van der Waals surface area contributed by atoms with Gasteiger partial charge in [0.2, 0.25) is 0 Å². The first kappa shape index (κ1) is 8.82. The third-order valence-corrected chi connectivity index (χ3v) is 0.888. The average Bonchev–Trinajstić information content (AvgIpc) is 1.87. The Hall–Kier alpha value is -1.18. The maximum absolute atomic E-state index is 3.67. The Labute approximate surface area is 62.5 Å². The molecule has 56 valence electrons. The van der Waals surface area contributed by atoms with Gasteiger partial charge in [-0.25, -0.2) is 0 Å². The Morgan fingerprint density at radius 3 is 2.50 bits per heavy atom. The molecule has 0 spiro atoms. The van der Waals surface area contributed by atoms with Crippen molar-refractivity contribution in [3.63, 3.8) is 0 Å². The first-order valence-electron chi connectivity index (χ1n) is 3.08. The monoisotopic (exact) mass is 138 g/mol. The van der Waals surface area contributed by atoms with E-state index in [1.54, 1.807) is 6.08 Å². The summed E-state index contributed by atoms with van der Waals surface area (Å²) in [6.45, 7) is 7.22. The summed E-state index contributed by atoms with van der Waals surface area (Å²) in [5.41, 5.74) is 0.804. The fraction of sp³-hybridized carbons (Fsp3) is 0.250. The van der Waals surface area contributed by atoms with Gasteiger partial charge in [0.25, 0.3) is 0 Å². The number of rotatable bonds is 4. The highest BCUT2D eigenvalue weighted by atomic mass is 15.0. The quantitative estimate of drug-likeness (QED) is 0.589. The Kier molecular flexibility index (Phi) is 4.12. The lowest BCUT2D eigenvalue weighted by atomic mass is 10.5. The van der Waals surface area contributed by atoms with Gasteiger partial charge in [0, 0.05) is 32.2 Å². The molecule has 2 nitrogen and oxygen atoms in total. The van der Waals surface area contributed by atoms with Gasteiger partial charge in [-0.05, 0) is 6.08 Å². The summed E-state index contributed by atoms with van der Waals surface area (Å²) in [5.74, 6) is 0. The lowest BCUT2D eigenvalue weighted by Gasteiger charge is -2.03. The smallest absolute Gasteiger partial charge is 0.0301 e. The van der Waals surface area contributed by atoms with E-state index in [0.717, 1.165) is 5.70 Å². The number of hydrogen-bond acceptors (Lipinski definition) is 2. The Morgan fingerprint density at radius 1 is 1.50 bits per heavy atom. The summed E-state index contributed by atoms with van der Waals surface area (Å²) in [7, 11) is 3.91. The van der Waals surface area contributed by atoms with Crippen LogP contribution in [0.1, 0.15) is 0 Å². The first-order valence-corrected chi connectivity index (χ1v) is 3.08. The maximum Gasteiger partial charge on any atom is 0.0301 e. The normalized spacial score (nSPS) is 9.40. The average molecular weight is 138 g/mol. The zero-order valence-corrected chi connectivity index (χ0v) is 6.59. The van der Waals surface area contributed by atoms with Crippen molar-refractivity contribution in [2.45, 2.75) is 0 Å². The van der Waals surface area contributed by atoms with Crippen molar-refractivity contribution in [2.24, 2.45) is 0 Å². The fourth-order valence-electron chi connectivity index (χ4n) is 0.352. The van der Waals surface area contributed by atoms with E-state index in [4.69, 9.17) is 0 Å². The van der Waals surface area contributed by atoms with Crippen molar-refractivity contribution in [1.82, 2.24) is 10.2 Å². The molecule has 0 radical (unpaired) electrons. The minimum Gasteiger partial charge on any atom is -0.382 e. The Balaban J connectivity index is 3.53. The minimum atomic E-state index is 0.804. The molecule has 2 heteroatoms. The van der Waals surface area contributed by atoms with Crippen LogP contribution >= 0.6 is 0 Å². The van der Waals surface area contributed by atoms with Crippen LogP contribution in [0.25, 0.3) is 0 Å². The highest BCUT2D eigenvalue weighted by molar-refractivity contribution is 5.10. The third kappa shape index (κ3) is 4.97. The predicted octanol–water partition coefficient (Wildman–Crippen LogP) is 1.31. The van der Waals surface area contributed by atoms with E-state index < -0.39 is 0 Å². The van der Waals surface area contributed by atoms with Gasteiger partial charge in [-0.1, -0.05) is 13.2 Å². The van der Waals surface area contributed by atoms with Crippen molar-refractivity contribution in [1.29, 1.82) is 0 Å². The molecule has 0 atom stereocenters. The molecule has 0 aliphatic carbocycles. The number of nitrogens with zero attached hydrogens (tertiary/aromatic N) is 1. The molecule has 1 N–H and O–H groups in total. The van der Waals surface area contributed by atoms with Gasteiger partial charge in [0.1, 0.15) is 0 Å². The van der Waals surface area contributed by atoms with E-state index in [1.165, 1.54) is 0 Å². The van der Waals surface area contributed by atoms with Gasteiger partial charge < -0.3 is 10.2 Å². The maximum atomic E-state index is 3.67. The molecule has 0 heterocycles. The van der Waals surface area contributed by atoms with Gasteiger partial charge in [-0.15, -0.1) is 0 Å². The van der Waals surface area contributed by atoms with Crippen molar-refractivity contribution in [3.8, 4) is 0 Å². The fourth-order valence-corrected chi connectivity index (χ4v) is 0.352. The molecule has 0 aliphatic heterocycles. The van der Waals surface area contributed by atoms with Crippen LogP contribution in [0.15, 0.2) is 37.3 Å². The van der Waals surface area contributed by atoms with Gasteiger partial charge in [-0.2, -0.15) is 0 Å². The molecule has 0 rings (SSSR count). The van der Waals surface area contributed by atoms with Crippen LogP contribution in [-0.4, -0.2) is 19.0 Å². The Morgan fingerprint density at radius 2 is 2.10 bits per heavy atom. The molecule has 0 aromatic heterocycles. The SMILES string of the molecule is C=CC(=C)N/C=C\N(C)C. The summed E-state index contributed by atoms with van der Waals surface area (Å²) in [5, 5.41) is 2.93. The second-order valence-corrected chi connectivity index (χ2v) is 2.15. The van der Waals surface area contributed by atoms with Crippen molar-refractivity contribution >= 4 is 0 Å². The third-order valence-electron chi connectivity index (χ3n) is 0.888. The van der Waals surface area contributed by atoms with Gasteiger partial charge in [0.15, 0.2) is 0 Å². The van der Waals surface area contributed by atoms with Crippen molar-refractivity contribution in [3.05, 3.63) is 37.3 Å². The molecule has 0 fully saturated rings. The van der Waals surface area contributed by atoms with Crippen molar-refractivity contribution in [2.75, 3.05) is 14.1 Å². The molecule has 0 aromatic rings. The highest BCUT2D eigenvalue weighted by Crippen LogP contribution is 1.83. The molecule has 0 saturated heterocycles. The molecule has 0 amide bonds. The van der Waals surface area contributed by atoms with E-state index in [1.807, 2.05) is 31.4 Å². The molecule has 0 aromatic carbocycles. The predicted molar refractivity (Wildman–Crippen MR) is 45.3 cm³/mol. The summed E-state index contributed by atoms with van der Waals surface area (Å²) in [6, 6.07) is 0. The molecule has 0 unspecified atom stereocenters. The van der Waals surface area contributed by atoms with E-state index in [0.29, 0.717) is 0 Å². The number of hydrogen-bond donors (Lipinski definition) is 1. The summed E-state index contributed by atoms with van der Waals surface area (Å²) < 4.78 is 0. The minimum absolute atomic E-state index is 0.804. The summed E-state index contributed by atoms with van der Waals surface area (Å²) in [6.07, 6.45) is 5.37. The van der Waals surface area contributed by atoms with E-state index in [9.17, 15) is 0 Å². The molecular weight excluding hydrogens is 124 g/mol. The number of nitrogens with one attached hydrogen (secondary N) is 1. The lowest BCUT2D eigenvalue weighted by molar-refractivity contribution is 0.560. The zero-order chi connectivity index (χ0) is 7.98. The lowest BCUT2D eigenvalue weighted by Crippen LogP contribution is -2.06. The summed E-state index contributed by atoms with van der Waals surface area (Å²) in [4.78, 5) is 1.93. The van der Waals surface area contributed by atoms with Gasteiger partial charge >= 0.3 is 0 Å². The molecule has 0 bridgehead atoms.